The molecule has 4 unspecified atom stereocenters. The highest BCUT2D eigenvalue weighted by molar-refractivity contribution is 5.95. The van der Waals surface area contributed by atoms with E-state index in [0.717, 1.165) is 10.9 Å². The van der Waals surface area contributed by atoms with E-state index in [2.05, 4.69) is 30.9 Å². The molecule has 0 saturated heterocycles. The van der Waals surface area contributed by atoms with E-state index in [1.54, 1.807) is 18.3 Å². The summed E-state index contributed by atoms with van der Waals surface area (Å²) in [4.78, 5) is 72.8. The fourth-order valence-electron chi connectivity index (χ4n) is 4.73. The van der Waals surface area contributed by atoms with Gasteiger partial charge in [0, 0.05) is 41.8 Å². The molecule has 0 fully saturated rings. The minimum Gasteiger partial charge on any atom is -0.508 e. The number of benzene rings is 2. The molecule has 15 nitrogen and oxygen atoms in total. The number of carboxylic acids is 2. The number of hydrogen-bond acceptors (Lipinski definition) is 8. The normalized spacial score (nSPS) is 13.7. The van der Waals surface area contributed by atoms with E-state index < -0.39 is 60.2 Å². The monoisotopic (exact) mass is 619 g/mol. The number of fused-ring (bicyclic) bond motifs is 1. The number of aromatic nitrogens is 3. The van der Waals surface area contributed by atoms with Crippen LogP contribution >= 0.6 is 0 Å². The first-order chi connectivity index (χ1) is 21.5. The van der Waals surface area contributed by atoms with Crippen LogP contribution in [0.3, 0.4) is 0 Å². The Morgan fingerprint density at radius 2 is 1.44 bits per heavy atom. The van der Waals surface area contributed by atoms with E-state index in [1.165, 1.54) is 24.7 Å². The first-order valence-electron chi connectivity index (χ1n) is 13.9. The quantitative estimate of drug-likeness (QED) is 0.0858. The summed E-state index contributed by atoms with van der Waals surface area (Å²) in [6, 6.07) is 8.09. The lowest BCUT2D eigenvalue weighted by atomic mass is 10.0. The Kier molecular flexibility index (Phi) is 10.5. The zero-order valence-electron chi connectivity index (χ0n) is 23.9. The van der Waals surface area contributed by atoms with Crippen molar-refractivity contribution in [2.75, 3.05) is 0 Å². The number of aromatic amines is 2. The molecule has 10 N–H and O–H groups in total. The van der Waals surface area contributed by atoms with Gasteiger partial charge in [0.25, 0.3) is 0 Å². The second kappa shape index (κ2) is 14.7. The van der Waals surface area contributed by atoms with Gasteiger partial charge in [0.05, 0.1) is 18.8 Å². The number of nitrogens with one attached hydrogen (secondary N) is 5. The molecule has 236 valence electrons. The molecule has 2 aromatic heterocycles. The third kappa shape index (κ3) is 8.90. The van der Waals surface area contributed by atoms with E-state index in [4.69, 9.17) is 10.8 Å². The molecule has 0 aliphatic heterocycles. The summed E-state index contributed by atoms with van der Waals surface area (Å²) >= 11 is 0. The van der Waals surface area contributed by atoms with Crippen LogP contribution in [0.25, 0.3) is 10.9 Å². The minimum absolute atomic E-state index is 0.00266. The predicted octanol–water partition coefficient (Wildman–Crippen LogP) is -0.0345. The third-order valence-corrected chi connectivity index (χ3v) is 7.07. The zero-order chi connectivity index (χ0) is 32.5. The maximum Gasteiger partial charge on any atom is 0.326 e. The number of amides is 3. The van der Waals surface area contributed by atoms with Gasteiger partial charge in [-0.15, -0.1) is 0 Å². The molecule has 0 aliphatic carbocycles. The van der Waals surface area contributed by atoms with Crippen LogP contribution in [-0.2, 0) is 43.2 Å². The predicted molar refractivity (Wildman–Crippen MR) is 160 cm³/mol. The minimum atomic E-state index is -1.75. The van der Waals surface area contributed by atoms with E-state index in [9.17, 15) is 34.2 Å². The number of nitrogens with zero attached hydrogens (tertiary/aromatic N) is 1. The Bertz CT molecular complexity index is 1650. The van der Waals surface area contributed by atoms with Gasteiger partial charge in [-0.05, 0) is 35.7 Å². The van der Waals surface area contributed by atoms with Crippen molar-refractivity contribution < 1.29 is 39.3 Å². The molecule has 4 aromatic rings. The Morgan fingerprint density at radius 1 is 0.800 bits per heavy atom. The van der Waals surface area contributed by atoms with Crippen molar-refractivity contribution in [1.29, 1.82) is 0 Å². The molecule has 45 heavy (non-hydrogen) atoms. The largest absolute Gasteiger partial charge is 0.508 e. The van der Waals surface area contributed by atoms with Gasteiger partial charge in [-0.25, -0.2) is 9.78 Å². The number of para-hydroxylation sites is 1. The van der Waals surface area contributed by atoms with Gasteiger partial charge in [-0.3, -0.25) is 19.2 Å². The van der Waals surface area contributed by atoms with Crippen molar-refractivity contribution in [3.8, 4) is 5.75 Å². The number of nitrogens with two attached hydrogens (primary N) is 1. The van der Waals surface area contributed by atoms with Crippen molar-refractivity contribution in [2.45, 2.75) is 49.9 Å². The lowest BCUT2D eigenvalue weighted by Gasteiger charge is -2.25. The fourth-order valence-corrected chi connectivity index (χ4v) is 4.73. The Hall–Kier alpha value is -5.70. The summed E-state index contributed by atoms with van der Waals surface area (Å²) in [5.74, 6) is -5.32. The van der Waals surface area contributed by atoms with Gasteiger partial charge in [0.2, 0.25) is 17.7 Å². The topological polar surface area (TPSA) is 253 Å². The van der Waals surface area contributed by atoms with Crippen LogP contribution in [0.4, 0.5) is 0 Å². The maximum absolute atomic E-state index is 13.8. The molecule has 2 aromatic carbocycles. The Labute approximate surface area is 256 Å². The molecule has 0 spiro atoms. The molecular formula is C30H33N7O8. The smallest absolute Gasteiger partial charge is 0.326 e. The van der Waals surface area contributed by atoms with Crippen molar-refractivity contribution in [2.24, 2.45) is 5.73 Å². The van der Waals surface area contributed by atoms with Gasteiger partial charge in [-0.2, -0.15) is 0 Å². The molecule has 0 bridgehead atoms. The molecule has 0 saturated carbocycles. The number of aliphatic carboxylic acids is 2. The molecule has 0 radical (unpaired) electrons. The van der Waals surface area contributed by atoms with E-state index in [1.807, 2.05) is 24.3 Å². The zero-order valence-corrected chi connectivity index (χ0v) is 23.9. The molecule has 4 rings (SSSR count). The number of carboxylic acid groups (broad SMARTS) is 2. The maximum atomic E-state index is 13.8. The van der Waals surface area contributed by atoms with Crippen LogP contribution in [0.15, 0.2) is 67.3 Å². The van der Waals surface area contributed by atoms with Gasteiger partial charge in [-0.1, -0.05) is 30.3 Å². The van der Waals surface area contributed by atoms with Crippen molar-refractivity contribution in [3.63, 3.8) is 0 Å². The van der Waals surface area contributed by atoms with E-state index in [-0.39, 0.29) is 25.0 Å². The molecule has 0 aliphatic rings. The Morgan fingerprint density at radius 3 is 2.09 bits per heavy atom. The summed E-state index contributed by atoms with van der Waals surface area (Å²) in [5.41, 5.74) is 8.77. The van der Waals surface area contributed by atoms with E-state index >= 15 is 0 Å². The molecule has 2 heterocycles. The van der Waals surface area contributed by atoms with Crippen LogP contribution in [0.1, 0.15) is 23.2 Å². The van der Waals surface area contributed by atoms with Crippen LogP contribution in [0.2, 0.25) is 0 Å². The number of phenolic OH excluding ortho intramolecular Hbond substituents is 1. The Balaban J connectivity index is 1.57. The molecular weight excluding hydrogens is 586 g/mol. The average Bonchev–Trinajstić information content (AvgIpc) is 3.67. The number of hydrogen-bond donors (Lipinski definition) is 9. The van der Waals surface area contributed by atoms with Gasteiger partial charge in [0.1, 0.15) is 23.9 Å². The highest BCUT2D eigenvalue weighted by Gasteiger charge is 2.32. The van der Waals surface area contributed by atoms with Crippen LogP contribution < -0.4 is 21.7 Å². The molecule has 15 heteroatoms. The number of rotatable bonds is 15. The standard InChI is InChI=1S/C30H33N7O8/c31-21(9-16-5-7-19(38)8-6-16)27(41)35-23(10-17-13-33-22-4-2-1-3-20(17)22)28(42)36-24(11-18-14-32-15-34-18)29(43)37-25(30(44)45)12-26(39)40/h1-8,13-15,21,23-25,33,38H,9-12,31H2,(H,32,34)(H,35,41)(H,36,42)(H,37,43)(H,39,40)(H,44,45). The highest BCUT2D eigenvalue weighted by Crippen LogP contribution is 2.19. The fraction of sp³-hybridized carbons (Fsp3) is 0.267. The van der Waals surface area contributed by atoms with Crippen molar-refractivity contribution in [1.82, 2.24) is 30.9 Å². The second-order valence-corrected chi connectivity index (χ2v) is 10.4. The molecule has 3 amide bonds. The number of carbonyl (C=O) groups is 5. The first kappa shape index (κ1) is 32.2. The van der Waals surface area contributed by atoms with Gasteiger partial charge >= 0.3 is 11.9 Å². The summed E-state index contributed by atoms with van der Waals surface area (Å²) < 4.78 is 0. The average molecular weight is 620 g/mol. The number of aromatic hydroxyl groups is 1. The van der Waals surface area contributed by atoms with Crippen LogP contribution in [-0.4, -0.2) is 84.1 Å². The summed E-state index contributed by atoms with van der Waals surface area (Å²) in [7, 11) is 0. The van der Waals surface area contributed by atoms with Gasteiger partial charge < -0.3 is 47.0 Å². The lowest BCUT2D eigenvalue weighted by Crippen LogP contribution is -2.58. The van der Waals surface area contributed by atoms with Crippen LogP contribution in [0, 0.1) is 0 Å². The number of imidazole rings is 1. The number of phenols is 1. The second-order valence-electron chi connectivity index (χ2n) is 10.4. The molecule has 4 atom stereocenters. The number of carbonyl (C=O) groups excluding carboxylic acids is 3. The van der Waals surface area contributed by atoms with Crippen molar-refractivity contribution in [3.05, 3.63) is 84.1 Å². The van der Waals surface area contributed by atoms with Crippen molar-refractivity contribution >= 4 is 40.6 Å². The number of H-pyrrole nitrogens is 2. The summed E-state index contributed by atoms with van der Waals surface area (Å²) in [5, 5.41) is 36.3. The van der Waals surface area contributed by atoms with Crippen LogP contribution in [0.5, 0.6) is 5.75 Å². The van der Waals surface area contributed by atoms with E-state index in [0.29, 0.717) is 16.8 Å². The summed E-state index contributed by atoms with van der Waals surface area (Å²) in [6.07, 6.45) is 3.54. The summed E-state index contributed by atoms with van der Waals surface area (Å²) in [6.45, 7) is 0. The first-order valence-corrected chi connectivity index (χ1v) is 13.9. The highest BCUT2D eigenvalue weighted by atomic mass is 16.4. The lowest BCUT2D eigenvalue weighted by molar-refractivity contribution is -0.147. The SMILES string of the molecule is NC(Cc1ccc(O)cc1)C(=O)NC(Cc1c[nH]c2ccccc12)C(=O)NC(Cc1cnc[nH]1)C(=O)NC(CC(=O)O)C(=O)O. The third-order valence-electron chi connectivity index (χ3n) is 7.07. The van der Waals surface area contributed by atoms with Gasteiger partial charge in [0.15, 0.2) is 0 Å².